The van der Waals surface area contributed by atoms with E-state index < -0.39 is 0 Å². The van der Waals surface area contributed by atoms with Crippen molar-refractivity contribution in [1.82, 2.24) is 0 Å². The number of hydrogen-bond acceptors (Lipinski definition) is 1. The first-order valence-electron chi connectivity index (χ1n) is 6.87. The molecule has 1 nitrogen and oxygen atoms in total. The van der Waals surface area contributed by atoms with Gasteiger partial charge >= 0.3 is 0 Å². The lowest BCUT2D eigenvalue weighted by atomic mass is 9.97. The lowest BCUT2D eigenvalue weighted by Gasteiger charge is -2.12. The summed E-state index contributed by atoms with van der Waals surface area (Å²) >= 11 is 0. The first-order chi connectivity index (χ1) is 9.29. The Morgan fingerprint density at radius 1 is 1.11 bits per heavy atom. The molecule has 96 valence electrons. The molecule has 0 fully saturated rings. The summed E-state index contributed by atoms with van der Waals surface area (Å²) in [6.45, 7) is 3.76. The van der Waals surface area contributed by atoms with Crippen LogP contribution in [0.5, 0.6) is 0 Å². The van der Waals surface area contributed by atoms with Crippen molar-refractivity contribution >= 4 is 0 Å². The van der Waals surface area contributed by atoms with Crippen LogP contribution in [0.2, 0.25) is 0 Å². The van der Waals surface area contributed by atoms with Gasteiger partial charge in [-0.15, -0.1) is 6.58 Å². The second kappa shape index (κ2) is 5.02. The zero-order valence-corrected chi connectivity index (χ0v) is 11.1. The number of fused-ring (bicyclic) bond motifs is 3. The van der Waals surface area contributed by atoms with E-state index in [2.05, 4.69) is 49.0 Å². The molecule has 0 bridgehead atoms. The van der Waals surface area contributed by atoms with Crippen LogP contribution in [0.15, 0.2) is 55.1 Å². The number of hydrogen-bond donors (Lipinski definition) is 1. The minimum absolute atomic E-state index is 0.118. The fourth-order valence-electron chi connectivity index (χ4n) is 2.86. The van der Waals surface area contributed by atoms with Crippen LogP contribution in [-0.4, -0.2) is 0 Å². The number of allylic oxidation sites excluding steroid dienone is 1. The smallest absolute Gasteiger partial charge is 0.0297 e. The average molecular weight is 249 g/mol. The Bertz CT molecular complexity index is 613. The van der Waals surface area contributed by atoms with Crippen molar-refractivity contribution in [2.24, 2.45) is 5.73 Å². The molecule has 0 unspecified atom stereocenters. The molecule has 0 spiro atoms. The van der Waals surface area contributed by atoms with E-state index in [1.807, 2.05) is 6.08 Å². The second-order valence-corrected chi connectivity index (χ2v) is 5.22. The molecule has 2 aromatic rings. The summed E-state index contributed by atoms with van der Waals surface area (Å²) in [7, 11) is 0. The molecule has 1 aliphatic rings. The highest BCUT2D eigenvalue weighted by Crippen LogP contribution is 2.37. The second-order valence-electron chi connectivity index (χ2n) is 5.22. The van der Waals surface area contributed by atoms with E-state index in [-0.39, 0.29) is 6.04 Å². The SMILES string of the molecule is C=CCC[C@@H](N)c1ccc2c(c1)Cc1ccccc1-2. The van der Waals surface area contributed by atoms with Gasteiger partial charge in [-0.05, 0) is 47.1 Å². The van der Waals surface area contributed by atoms with Gasteiger partial charge in [0.25, 0.3) is 0 Å². The quantitative estimate of drug-likeness (QED) is 0.688. The number of rotatable bonds is 4. The first kappa shape index (κ1) is 12.2. The summed E-state index contributed by atoms with van der Waals surface area (Å²) in [6.07, 6.45) is 4.91. The van der Waals surface area contributed by atoms with E-state index >= 15 is 0 Å². The van der Waals surface area contributed by atoms with Gasteiger partial charge < -0.3 is 5.73 Å². The molecule has 0 aliphatic heterocycles. The highest BCUT2D eigenvalue weighted by atomic mass is 14.6. The van der Waals surface area contributed by atoms with Gasteiger partial charge in [0, 0.05) is 6.04 Å². The van der Waals surface area contributed by atoms with Gasteiger partial charge in [0.05, 0.1) is 0 Å². The highest BCUT2D eigenvalue weighted by molar-refractivity contribution is 5.76. The van der Waals surface area contributed by atoms with Crippen LogP contribution in [0.4, 0.5) is 0 Å². The predicted molar refractivity (Wildman–Crippen MR) is 81.0 cm³/mol. The Hall–Kier alpha value is -1.86. The van der Waals surface area contributed by atoms with E-state index in [1.54, 1.807) is 0 Å². The van der Waals surface area contributed by atoms with Crippen LogP contribution in [0, 0.1) is 0 Å². The summed E-state index contributed by atoms with van der Waals surface area (Å²) in [5.41, 5.74) is 13.1. The molecule has 3 rings (SSSR count). The van der Waals surface area contributed by atoms with Crippen molar-refractivity contribution in [2.75, 3.05) is 0 Å². The van der Waals surface area contributed by atoms with E-state index in [4.69, 9.17) is 5.73 Å². The third kappa shape index (κ3) is 2.22. The standard InChI is InChI=1S/C18H19N/c1-2-3-8-18(19)14-9-10-17-15(12-14)11-13-6-4-5-7-16(13)17/h2,4-7,9-10,12,18H,1,3,8,11,19H2/t18-/m1/s1. The van der Waals surface area contributed by atoms with Crippen LogP contribution >= 0.6 is 0 Å². The van der Waals surface area contributed by atoms with Gasteiger partial charge in [-0.1, -0.05) is 48.5 Å². The summed E-state index contributed by atoms with van der Waals surface area (Å²) < 4.78 is 0. The Morgan fingerprint density at radius 3 is 2.74 bits per heavy atom. The monoisotopic (exact) mass is 249 g/mol. The Kier molecular flexibility index (Phi) is 3.22. The maximum absolute atomic E-state index is 6.23. The Morgan fingerprint density at radius 2 is 1.89 bits per heavy atom. The molecule has 0 amide bonds. The minimum Gasteiger partial charge on any atom is -0.324 e. The molecular formula is C18H19N. The van der Waals surface area contributed by atoms with Gasteiger partial charge in [-0.2, -0.15) is 0 Å². The normalized spacial score (nSPS) is 13.7. The van der Waals surface area contributed by atoms with Gasteiger partial charge in [0.2, 0.25) is 0 Å². The van der Waals surface area contributed by atoms with Crippen molar-refractivity contribution < 1.29 is 0 Å². The molecule has 0 aromatic heterocycles. The molecule has 2 aromatic carbocycles. The topological polar surface area (TPSA) is 26.0 Å². The first-order valence-corrected chi connectivity index (χ1v) is 6.87. The summed E-state index contributed by atoms with van der Waals surface area (Å²) in [5.74, 6) is 0. The van der Waals surface area contributed by atoms with Crippen LogP contribution < -0.4 is 5.73 Å². The van der Waals surface area contributed by atoms with Crippen molar-refractivity contribution in [1.29, 1.82) is 0 Å². The van der Waals surface area contributed by atoms with Crippen LogP contribution in [0.25, 0.3) is 11.1 Å². The molecule has 1 atom stereocenters. The Labute approximate surface area is 114 Å². The number of benzene rings is 2. The molecule has 19 heavy (non-hydrogen) atoms. The van der Waals surface area contributed by atoms with E-state index in [0.29, 0.717) is 0 Å². The molecule has 0 saturated carbocycles. The third-order valence-electron chi connectivity index (χ3n) is 3.93. The van der Waals surface area contributed by atoms with Gasteiger partial charge in [0.15, 0.2) is 0 Å². The summed E-state index contributed by atoms with van der Waals surface area (Å²) in [5, 5.41) is 0. The predicted octanol–water partition coefficient (Wildman–Crippen LogP) is 4.22. The molecule has 0 heterocycles. The van der Waals surface area contributed by atoms with Crippen molar-refractivity contribution in [2.45, 2.75) is 25.3 Å². The average Bonchev–Trinajstić information content (AvgIpc) is 2.82. The zero-order valence-electron chi connectivity index (χ0n) is 11.1. The van der Waals surface area contributed by atoms with Crippen LogP contribution in [0.3, 0.4) is 0 Å². The maximum Gasteiger partial charge on any atom is 0.0297 e. The largest absolute Gasteiger partial charge is 0.324 e. The van der Waals surface area contributed by atoms with Crippen molar-refractivity contribution in [3.05, 3.63) is 71.8 Å². The lowest BCUT2D eigenvalue weighted by Crippen LogP contribution is -2.10. The van der Waals surface area contributed by atoms with Crippen LogP contribution in [-0.2, 0) is 6.42 Å². The fraction of sp³-hybridized carbons (Fsp3) is 0.222. The Balaban J connectivity index is 1.91. The van der Waals surface area contributed by atoms with Gasteiger partial charge in [-0.25, -0.2) is 0 Å². The van der Waals surface area contributed by atoms with Gasteiger partial charge in [-0.3, -0.25) is 0 Å². The molecule has 2 N–H and O–H groups in total. The maximum atomic E-state index is 6.23. The highest BCUT2D eigenvalue weighted by Gasteiger charge is 2.18. The van der Waals surface area contributed by atoms with Gasteiger partial charge in [0.1, 0.15) is 0 Å². The molecule has 1 aliphatic carbocycles. The third-order valence-corrected chi connectivity index (χ3v) is 3.93. The summed E-state index contributed by atoms with van der Waals surface area (Å²) in [4.78, 5) is 0. The molecule has 0 radical (unpaired) electrons. The molecular weight excluding hydrogens is 230 g/mol. The molecule has 1 heteroatoms. The van der Waals surface area contributed by atoms with E-state index in [0.717, 1.165) is 19.3 Å². The number of nitrogens with two attached hydrogens (primary N) is 1. The van der Waals surface area contributed by atoms with E-state index in [1.165, 1.54) is 27.8 Å². The fourth-order valence-corrected chi connectivity index (χ4v) is 2.86. The van der Waals surface area contributed by atoms with E-state index in [9.17, 15) is 0 Å². The minimum atomic E-state index is 0.118. The van der Waals surface area contributed by atoms with Crippen LogP contribution in [0.1, 0.15) is 35.6 Å². The molecule has 0 saturated heterocycles. The zero-order chi connectivity index (χ0) is 13.2. The summed E-state index contributed by atoms with van der Waals surface area (Å²) in [6, 6.07) is 15.4. The van der Waals surface area contributed by atoms with Crippen molar-refractivity contribution in [3.63, 3.8) is 0 Å². The van der Waals surface area contributed by atoms with Crippen molar-refractivity contribution in [3.8, 4) is 11.1 Å². The lowest BCUT2D eigenvalue weighted by molar-refractivity contribution is 0.661.